The van der Waals surface area contributed by atoms with E-state index in [9.17, 15) is 9.18 Å². The van der Waals surface area contributed by atoms with E-state index in [4.69, 9.17) is 5.11 Å². The van der Waals surface area contributed by atoms with Crippen LogP contribution < -0.4 is 0 Å². The fourth-order valence-corrected chi connectivity index (χ4v) is 1.47. The summed E-state index contributed by atoms with van der Waals surface area (Å²) in [6, 6.07) is 4.47. The standard InChI is InChI=1S/C12H9FN2O2/c13-10-5-8(6-11(16)17)7-15-12(10)9-1-3-14-4-2-9/h1-5,7H,6H2,(H,16,17). The van der Waals surface area contributed by atoms with Crippen molar-refractivity contribution in [2.24, 2.45) is 0 Å². The van der Waals surface area contributed by atoms with Crippen LogP contribution in [0.1, 0.15) is 5.56 Å². The molecule has 4 nitrogen and oxygen atoms in total. The Labute approximate surface area is 96.8 Å². The van der Waals surface area contributed by atoms with Crippen LogP contribution in [-0.4, -0.2) is 21.0 Å². The second kappa shape index (κ2) is 4.69. The van der Waals surface area contributed by atoms with Crippen LogP contribution in [0.4, 0.5) is 4.39 Å². The Hall–Kier alpha value is -2.30. The second-order valence-electron chi connectivity index (χ2n) is 3.48. The van der Waals surface area contributed by atoms with Gasteiger partial charge in [-0.1, -0.05) is 0 Å². The highest BCUT2D eigenvalue weighted by Crippen LogP contribution is 2.20. The van der Waals surface area contributed by atoms with Gasteiger partial charge in [0.05, 0.1) is 6.42 Å². The quantitative estimate of drug-likeness (QED) is 0.877. The number of carboxylic acids is 1. The van der Waals surface area contributed by atoms with E-state index < -0.39 is 11.8 Å². The molecule has 86 valence electrons. The molecule has 0 spiro atoms. The van der Waals surface area contributed by atoms with Gasteiger partial charge < -0.3 is 5.11 Å². The Balaban J connectivity index is 2.35. The predicted molar refractivity (Wildman–Crippen MR) is 58.8 cm³/mol. The number of hydrogen-bond donors (Lipinski definition) is 1. The van der Waals surface area contributed by atoms with Crippen molar-refractivity contribution in [3.63, 3.8) is 0 Å². The number of aromatic nitrogens is 2. The summed E-state index contributed by atoms with van der Waals surface area (Å²) in [5.74, 6) is -1.54. The molecule has 1 N–H and O–H groups in total. The van der Waals surface area contributed by atoms with Crippen LogP contribution in [0.5, 0.6) is 0 Å². The number of rotatable bonds is 3. The van der Waals surface area contributed by atoms with Crippen molar-refractivity contribution in [3.8, 4) is 11.3 Å². The fraction of sp³-hybridized carbons (Fsp3) is 0.0833. The highest BCUT2D eigenvalue weighted by atomic mass is 19.1. The molecule has 0 atom stereocenters. The van der Waals surface area contributed by atoms with Crippen LogP contribution in [-0.2, 0) is 11.2 Å². The lowest BCUT2D eigenvalue weighted by Gasteiger charge is -2.03. The molecule has 2 aromatic heterocycles. The summed E-state index contributed by atoms with van der Waals surface area (Å²) in [6.07, 6.45) is 4.22. The first kappa shape index (κ1) is 11.2. The van der Waals surface area contributed by atoms with E-state index in [-0.39, 0.29) is 12.1 Å². The summed E-state index contributed by atoms with van der Waals surface area (Å²) in [5, 5.41) is 8.59. The monoisotopic (exact) mass is 232 g/mol. The molecule has 0 aromatic carbocycles. The molecule has 2 rings (SSSR count). The Morgan fingerprint density at radius 2 is 2.06 bits per heavy atom. The molecular formula is C12H9FN2O2. The topological polar surface area (TPSA) is 63.1 Å². The third-order valence-electron chi connectivity index (χ3n) is 2.21. The molecule has 2 heterocycles. The Morgan fingerprint density at radius 1 is 1.35 bits per heavy atom. The van der Waals surface area contributed by atoms with Crippen molar-refractivity contribution in [2.75, 3.05) is 0 Å². The smallest absolute Gasteiger partial charge is 0.307 e. The molecular weight excluding hydrogens is 223 g/mol. The second-order valence-corrected chi connectivity index (χ2v) is 3.48. The third kappa shape index (κ3) is 2.63. The van der Waals surface area contributed by atoms with Gasteiger partial charge in [0.1, 0.15) is 11.5 Å². The van der Waals surface area contributed by atoms with Gasteiger partial charge in [-0.2, -0.15) is 0 Å². The third-order valence-corrected chi connectivity index (χ3v) is 2.21. The van der Waals surface area contributed by atoms with E-state index in [1.165, 1.54) is 12.3 Å². The molecule has 2 aromatic rings. The average Bonchev–Trinajstić information content (AvgIpc) is 2.29. The average molecular weight is 232 g/mol. The lowest BCUT2D eigenvalue weighted by atomic mass is 10.1. The summed E-state index contributed by atoms with van der Waals surface area (Å²) in [4.78, 5) is 18.2. The minimum absolute atomic E-state index is 0.196. The van der Waals surface area contributed by atoms with E-state index in [2.05, 4.69) is 9.97 Å². The van der Waals surface area contributed by atoms with E-state index in [1.54, 1.807) is 24.5 Å². The fourth-order valence-electron chi connectivity index (χ4n) is 1.47. The molecule has 0 saturated carbocycles. The van der Waals surface area contributed by atoms with Crippen molar-refractivity contribution in [3.05, 3.63) is 48.2 Å². The van der Waals surface area contributed by atoms with Crippen molar-refractivity contribution in [2.45, 2.75) is 6.42 Å². The largest absolute Gasteiger partial charge is 0.481 e. The molecule has 0 bridgehead atoms. The van der Waals surface area contributed by atoms with Crippen LogP contribution >= 0.6 is 0 Å². The molecule has 0 radical (unpaired) electrons. The molecule has 0 aliphatic carbocycles. The summed E-state index contributed by atoms with van der Waals surface area (Å²) in [5.41, 5.74) is 1.15. The lowest BCUT2D eigenvalue weighted by molar-refractivity contribution is -0.136. The molecule has 5 heteroatoms. The lowest BCUT2D eigenvalue weighted by Crippen LogP contribution is -2.02. The zero-order valence-electron chi connectivity index (χ0n) is 8.80. The van der Waals surface area contributed by atoms with Crippen molar-refractivity contribution in [1.29, 1.82) is 0 Å². The van der Waals surface area contributed by atoms with E-state index in [1.807, 2.05) is 0 Å². The number of carboxylic acid groups (broad SMARTS) is 1. The molecule has 0 fully saturated rings. The Kier molecular flexibility index (Phi) is 3.09. The van der Waals surface area contributed by atoms with Crippen LogP contribution in [0, 0.1) is 5.82 Å². The van der Waals surface area contributed by atoms with Crippen molar-refractivity contribution in [1.82, 2.24) is 9.97 Å². The maximum atomic E-state index is 13.7. The highest BCUT2D eigenvalue weighted by molar-refractivity contribution is 5.70. The van der Waals surface area contributed by atoms with Gasteiger partial charge >= 0.3 is 5.97 Å². The van der Waals surface area contributed by atoms with Crippen LogP contribution in [0.3, 0.4) is 0 Å². The number of hydrogen-bond acceptors (Lipinski definition) is 3. The van der Waals surface area contributed by atoms with Crippen molar-refractivity contribution < 1.29 is 14.3 Å². The van der Waals surface area contributed by atoms with Crippen LogP contribution in [0.15, 0.2) is 36.8 Å². The molecule has 0 amide bonds. The number of pyridine rings is 2. The maximum Gasteiger partial charge on any atom is 0.307 e. The van der Waals surface area contributed by atoms with Gasteiger partial charge in [-0.3, -0.25) is 14.8 Å². The summed E-state index contributed by atoms with van der Waals surface area (Å²) < 4.78 is 13.7. The first-order valence-electron chi connectivity index (χ1n) is 4.93. The first-order chi connectivity index (χ1) is 8.16. The first-order valence-corrected chi connectivity index (χ1v) is 4.93. The minimum atomic E-state index is -1.01. The van der Waals surface area contributed by atoms with E-state index in [0.717, 1.165) is 0 Å². The van der Waals surface area contributed by atoms with E-state index >= 15 is 0 Å². The molecule has 17 heavy (non-hydrogen) atoms. The van der Waals surface area contributed by atoms with Gasteiger partial charge in [-0.05, 0) is 23.8 Å². The van der Waals surface area contributed by atoms with Gasteiger partial charge in [0.25, 0.3) is 0 Å². The predicted octanol–water partition coefficient (Wildman–Crippen LogP) is 1.91. The molecule has 0 unspecified atom stereocenters. The van der Waals surface area contributed by atoms with Gasteiger partial charge in [0, 0.05) is 24.2 Å². The summed E-state index contributed by atoms with van der Waals surface area (Å²) >= 11 is 0. The highest BCUT2D eigenvalue weighted by Gasteiger charge is 2.09. The Morgan fingerprint density at radius 3 is 2.65 bits per heavy atom. The van der Waals surface area contributed by atoms with Crippen LogP contribution in [0.25, 0.3) is 11.3 Å². The van der Waals surface area contributed by atoms with E-state index in [0.29, 0.717) is 11.1 Å². The summed E-state index contributed by atoms with van der Waals surface area (Å²) in [6.45, 7) is 0. The number of aliphatic carboxylic acids is 1. The molecule has 0 saturated heterocycles. The van der Waals surface area contributed by atoms with Gasteiger partial charge in [0.2, 0.25) is 0 Å². The maximum absolute atomic E-state index is 13.7. The SMILES string of the molecule is O=C(O)Cc1cnc(-c2ccncc2)c(F)c1. The van der Waals surface area contributed by atoms with Crippen LogP contribution in [0.2, 0.25) is 0 Å². The number of halogens is 1. The normalized spacial score (nSPS) is 10.2. The minimum Gasteiger partial charge on any atom is -0.481 e. The number of nitrogens with zero attached hydrogens (tertiary/aromatic N) is 2. The zero-order valence-corrected chi connectivity index (χ0v) is 8.80. The van der Waals surface area contributed by atoms with Crippen molar-refractivity contribution >= 4 is 5.97 Å². The molecule has 0 aliphatic rings. The van der Waals surface area contributed by atoms with Gasteiger partial charge in [-0.15, -0.1) is 0 Å². The van der Waals surface area contributed by atoms with Gasteiger partial charge in [0.15, 0.2) is 0 Å². The van der Waals surface area contributed by atoms with Gasteiger partial charge in [-0.25, -0.2) is 4.39 Å². The Bertz CT molecular complexity index is 543. The molecule has 0 aliphatic heterocycles. The summed E-state index contributed by atoms with van der Waals surface area (Å²) in [7, 11) is 0. The number of carbonyl (C=O) groups is 1. The zero-order chi connectivity index (χ0) is 12.3.